The number of esters is 1. The number of ether oxygens (including phenoxy) is 2. The van der Waals surface area contributed by atoms with Gasteiger partial charge in [-0.05, 0) is 83.7 Å². The standard InChI is InChI=1S/C23H38BrN3O4/c1-15(2)20(25-22(29)31-23(3,4)5)21(28)30-14-16-10-17(12-26(6)7)19(24)18(11-16)13-27(8)9/h10-11,15,20H,12-14H2,1-9H3,(H,25,29)/t20-/m0/s1. The molecule has 0 aliphatic heterocycles. The first-order chi connectivity index (χ1) is 14.2. The van der Waals surface area contributed by atoms with Crippen LogP contribution in [0.3, 0.4) is 0 Å². The largest absolute Gasteiger partial charge is 0.459 e. The monoisotopic (exact) mass is 499 g/mol. The molecule has 8 heteroatoms. The van der Waals surface area contributed by atoms with Crippen LogP contribution in [0.15, 0.2) is 16.6 Å². The minimum Gasteiger partial charge on any atom is -0.459 e. The van der Waals surface area contributed by atoms with Crippen LogP contribution in [0.2, 0.25) is 0 Å². The van der Waals surface area contributed by atoms with Crippen molar-refractivity contribution in [3.63, 3.8) is 0 Å². The Balaban J connectivity index is 2.97. The van der Waals surface area contributed by atoms with E-state index in [0.717, 1.165) is 34.3 Å². The van der Waals surface area contributed by atoms with Gasteiger partial charge in [0.15, 0.2) is 0 Å². The second-order valence-electron chi connectivity index (χ2n) is 9.68. The van der Waals surface area contributed by atoms with Gasteiger partial charge in [-0.3, -0.25) is 0 Å². The summed E-state index contributed by atoms with van der Waals surface area (Å²) in [6, 6.07) is 3.30. The zero-order valence-corrected chi connectivity index (χ0v) is 21.9. The van der Waals surface area contributed by atoms with Gasteiger partial charge in [-0.25, -0.2) is 9.59 Å². The number of hydrogen-bond acceptors (Lipinski definition) is 6. The van der Waals surface area contributed by atoms with Gasteiger partial charge in [0.05, 0.1) is 0 Å². The Bertz CT molecular complexity index is 727. The number of nitrogens with zero attached hydrogens (tertiary/aromatic N) is 2. The molecular weight excluding hydrogens is 462 g/mol. The molecule has 1 amide bonds. The molecule has 0 saturated heterocycles. The molecule has 0 fully saturated rings. The number of carbonyl (C=O) groups is 2. The third-order valence-corrected chi connectivity index (χ3v) is 5.25. The summed E-state index contributed by atoms with van der Waals surface area (Å²) in [5.74, 6) is -0.620. The summed E-state index contributed by atoms with van der Waals surface area (Å²) in [5, 5.41) is 2.64. The first-order valence-corrected chi connectivity index (χ1v) is 11.2. The fourth-order valence-electron chi connectivity index (χ4n) is 2.99. The average molecular weight is 500 g/mol. The Labute approximate surface area is 195 Å². The number of alkyl carbamates (subject to hydrolysis) is 1. The van der Waals surface area contributed by atoms with Gasteiger partial charge >= 0.3 is 12.1 Å². The maximum atomic E-state index is 12.7. The van der Waals surface area contributed by atoms with Crippen LogP contribution < -0.4 is 5.32 Å². The zero-order chi connectivity index (χ0) is 23.9. The summed E-state index contributed by atoms with van der Waals surface area (Å²) in [6.45, 7) is 10.7. The first kappa shape index (κ1) is 27.4. The molecule has 0 radical (unpaired) electrons. The van der Waals surface area contributed by atoms with E-state index in [1.54, 1.807) is 20.8 Å². The summed E-state index contributed by atoms with van der Waals surface area (Å²) < 4.78 is 11.9. The van der Waals surface area contributed by atoms with Crippen molar-refractivity contribution >= 4 is 28.0 Å². The number of benzene rings is 1. The SMILES string of the molecule is CC(C)[C@H](NC(=O)OC(C)(C)C)C(=O)OCc1cc(CN(C)C)c(Br)c(CN(C)C)c1. The molecule has 1 atom stereocenters. The van der Waals surface area contributed by atoms with Crippen molar-refractivity contribution in [1.29, 1.82) is 0 Å². The highest BCUT2D eigenvalue weighted by Gasteiger charge is 2.28. The smallest absolute Gasteiger partial charge is 0.408 e. The van der Waals surface area contributed by atoms with Crippen LogP contribution in [0, 0.1) is 5.92 Å². The highest BCUT2D eigenvalue weighted by atomic mass is 79.9. The molecule has 0 aliphatic rings. The van der Waals surface area contributed by atoms with Gasteiger partial charge in [0.2, 0.25) is 0 Å². The van der Waals surface area contributed by atoms with E-state index in [1.807, 2.05) is 54.2 Å². The molecule has 31 heavy (non-hydrogen) atoms. The Morgan fingerprint density at radius 2 is 1.52 bits per heavy atom. The minimum absolute atomic E-state index is 0.131. The lowest BCUT2D eigenvalue weighted by Gasteiger charge is -2.25. The summed E-state index contributed by atoms with van der Waals surface area (Å²) in [6.07, 6.45) is -0.631. The van der Waals surface area contributed by atoms with Crippen molar-refractivity contribution in [3.05, 3.63) is 33.3 Å². The predicted molar refractivity (Wildman–Crippen MR) is 127 cm³/mol. The second kappa shape index (κ2) is 11.8. The van der Waals surface area contributed by atoms with E-state index in [0.29, 0.717) is 0 Å². The number of halogens is 1. The molecule has 7 nitrogen and oxygen atoms in total. The number of amides is 1. The van der Waals surface area contributed by atoms with Crippen molar-refractivity contribution in [2.24, 2.45) is 5.92 Å². The van der Waals surface area contributed by atoms with Gasteiger partial charge in [-0.1, -0.05) is 29.8 Å². The Hall–Kier alpha value is -1.64. The molecule has 0 unspecified atom stereocenters. The summed E-state index contributed by atoms with van der Waals surface area (Å²) in [7, 11) is 8.06. The van der Waals surface area contributed by atoms with E-state index < -0.39 is 23.7 Å². The lowest BCUT2D eigenvalue weighted by molar-refractivity contribution is -0.148. The first-order valence-electron chi connectivity index (χ1n) is 10.5. The van der Waals surface area contributed by atoms with Crippen LogP contribution >= 0.6 is 15.9 Å². The van der Waals surface area contributed by atoms with Gasteiger partial charge in [0.25, 0.3) is 0 Å². The van der Waals surface area contributed by atoms with Crippen molar-refractivity contribution < 1.29 is 19.1 Å². The zero-order valence-electron chi connectivity index (χ0n) is 20.3. The minimum atomic E-state index is -0.784. The van der Waals surface area contributed by atoms with Gasteiger partial charge in [0, 0.05) is 17.6 Å². The molecule has 1 aromatic carbocycles. The van der Waals surface area contributed by atoms with Crippen molar-refractivity contribution in [1.82, 2.24) is 15.1 Å². The molecular formula is C23H38BrN3O4. The lowest BCUT2D eigenvalue weighted by Crippen LogP contribution is -2.47. The Morgan fingerprint density at radius 1 is 1.03 bits per heavy atom. The summed E-state index contributed by atoms with van der Waals surface area (Å²) >= 11 is 3.72. The number of hydrogen-bond donors (Lipinski definition) is 1. The number of carbonyl (C=O) groups excluding carboxylic acids is 2. The third kappa shape index (κ3) is 10.0. The molecule has 0 heterocycles. The molecule has 0 spiro atoms. The van der Waals surface area contributed by atoms with Gasteiger partial charge < -0.3 is 24.6 Å². The highest BCUT2D eigenvalue weighted by molar-refractivity contribution is 9.10. The molecule has 0 aliphatic carbocycles. The molecule has 0 aromatic heterocycles. The van der Waals surface area contributed by atoms with E-state index in [4.69, 9.17) is 9.47 Å². The predicted octanol–water partition coefficient (Wildman–Crippen LogP) is 4.16. The fourth-order valence-corrected chi connectivity index (χ4v) is 3.47. The number of nitrogens with one attached hydrogen (secondary N) is 1. The van der Waals surface area contributed by atoms with Crippen LogP contribution in [-0.4, -0.2) is 61.7 Å². The van der Waals surface area contributed by atoms with Crippen molar-refractivity contribution in [2.45, 2.75) is 66.0 Å². The normalized spacial score (nSPS) is 12.9. The maximum Gasteiger partial charge on any atom is 0.408 e. The highest BCUT2D eigenvalue weighted by Crippen LogP contribution is 2.26. The Kier molecular flexibility index (Phi) is 10.5. The quantitative estimate of drug-likeness (QED) is 0.514. The van der Waals surface area contributed by atoms with Crippen LogP contribution in [0.25, 0.3) is 0 Å². The van der Waals surface area contributed by atoms with Crippen LogP contribution in [0.1, 0.15) is 51.3 Å². The summed E-state index contributed by atoms with van der Waals surface area (Å²) in [4.78, 5) is 29.0. The number of rotatable bonds is 9. The average Bonchev–Trinajstić information content (AvgIpc) is 2.58. The molecule has 0 bridgehead atoms. The van der Waals surface area contributed by atoms with Crippen LogP contribution in [0.4, 0.5) is 4.79 Å². The Morgan fingerprint density at radius 3 is 1.90 bits per heavy atom. The van der Waals surface area contributed by atoms with Gasteiger partial charge in [-0.15, -0.1) is 0 Å². The fraction of sp³-hybridized carbons (Fsp3) is 0.652. The molecule has 1 aromatic rings. The molecule has 176 valence electrons. The molecule has 1 rings (SSSR count). The van der Waals surface area contributed by atoms with Gasteiger partial charge in [-0.2, -0.15) is 0 Å². The van der Waals surface area contributed by atoms with E-state index in [9.17, 15) is 9.59 Å². The van der Waals surface area contributed by atoms with E-state index in [2.05, 4.69) is 31.0 Å². The van der Waals surface area contributed by atoms with E-state index in [-0.39, 0.29) is 12.5 Å². The third-order valence-electron chi connectivity index (χ3n) is 4.23. The summed E-state index contributed by atoms with van der Waals surface area (Å²) in [5.41, 5.74) is 2.52. The van der Waals surface area contributed by atoms with E-state index >= 15 is 0 Å². The topological polar surface area (TPSA) is 71.1 Å². The van der Waals surface area contributed by atoms with Crippen molar-refractivity contribution in [2.75, 3.05) is 28.2 Å². The lowest BCUT2D eigenvalue weighted by atomic mass is 10.0. The van der Waals surface area contributed by atoms with Crippen molar-refractivity contribution in [3.8, 4) is 0 Å². The molecule has 1 N–H and O–H groups in total. The van der Waals surface area contributed by atoms with Crippen LogP contribution in [0.5, 0.6) is 0 Å². The molecule has 0 saturated carbocycles. The van der Waals surface area contributed by atoms with Gasteiger partial charge in [0.1, 0.15) is 18.2 Å². The van der Waals surface area contributed by atoms with E-state index in [1.165, 1.54) is 0 Å². The van der Waals surface area contributed by atoms with Crippen LogP contribution in [-0.2, 0) is 34.0 Å². The second-order valence-corrected chi connectivity index (χ2v) is 10.5. The maximum absolute atomic E-state index is 12.7.